The molecule has 0 bridgehead atoms. The van der Waals surface area contributed by atoms with Crippen molar-refractivity contribution in [3.63, 3.8) is 0 Å². The third-order valence-electron chi connectivity index (χ3n) is 4.44. The van der Waals surface area contributed by atoms with Crippen LogP contribution in [-0.2, 0) is 11.3 Å². The molecule has 2 aromatic rings. The second kappa shape index (κ2) is 11.7. The molecule has 0 saturated heterocycles. The summed E-state index contributed by atoms with van der Waals surface area (Å²) in [5.74, 6) is 1.97. The Hall–Kier alpha value is -3.22. The number of nitrogens with one attached hydrogen (secondary N) is 1. The molecule has 7 nitrogen and oxygen atoms in total. The number of carbonyl (C=O) groups is 2. The van der Waals surface area contributed by atoms with Crippen LogP contribution in [0.25, 0.3) is 0 Å². The SMILES string of the molecule is CCCOc1ccc(C(=O)CCC(=O)NCc2cc(OC)c(OC)c(OC)c2)cc1. The molecule has 0 fully saturated rings. The molecule has 0 radical (unpaired) electrons. The second-order valence-corrected chi connectivity index (χ2v) is 6.61. The Balaban J connectivity index is 1.87. The van der Waals surface area contributed by atoms with Gasteiger partial charge >= 0.3 is 0 Å². The van der Waals surface area contributed by atoms with E-state index in [1.54, 1.807) is 36.4 Å². The molecule has 0 atom stereocenters. The van der Waals surface area contributed by atoms with E-state index in [2.05, 4.69) is 5.32 Å². The van der Waals surface area contributed by atoms with Gasteiger partial charge < -0.3 is 24.3 Å². The van der Waals surface area contributed by atoms with Gasteiger partial charge in [-0.25, -0.2) is 0 Å². The summed E-state index contributed by atoms with van der Waals surface area (Å²) in [4.78, 5) is 24.5. The summed E-state index contributed by atoms with van der Waals surface area (Å²) < 4.78 is 21.4. The Morgan fingerprint density at radius 3 is 2.07 bits per heavy atom. The number of hydrogen-bond donors (Lipinski definition) is 1. The number of amides is 1. The van der Waals surface area contributed by atoms with Gasteiger partial charge in [0.1, 0.15) is 5.75 Å². The highest BCUT2D eigenvalue weighted by Gasteiger charge is 2.14. The smallest absolute Gasteiger partial charge is 0.220 e. The number of ether oxygens (including phenoxy) is 4. The molecule has 1 N–H and O–H groups in total. The lowest BCUT2D eigenvalue weighted by Crippen LogP contribution is -2.23. The molecular formula is C23H29NO6. The molecule has 0 heterocycles. The number of carbonyl (C=O) groups excluding carboxylic acids is 2. The van der Waals surface area contributed by atoms with E-state index in [1.165, 1.54) is 21.3 Å². The van der Waals surface area contributed by atoms with Crippen molar-refractivity contribution in [3.05, 3.63) is 47.5 Å². The first-order chi connectivity index (χ1) is 14.5. The molecule has 0 spiro atoms. The van der Waals surface area contributed by atoms with Crippen LogP contribution in [0, 0.1) is 0 Å². The Bertz CT molecular complexity index is 822. The minimum Gasteiger partial charge on any atom is -0.494 e. The summed E-state index contributed by atoms with van der Waals surface area (Å²) >= 11 is 0. The Morgan fingerprint density at radius 2 is 1.53 bits per heavy atom. The number of Topliss-reactive ketones (excluding diaryl/α,β-unsaturated/α-hetero) is 1. The zero-order valence-electron chi connectivity index (χ0n) is 17.9. The molecule has 0 saturated carbocycles. The van der Waals surface area contributed by atoms with Crippen LogP contribution in [0.2, 0.25) is 0 Å². The van der Waals surface area contributed by atoms with E-state index in [0.29, 0.717) is 29.4 Å². The molecule has 30 heavy (non-hydrogen) atoms. The van der Waals surface area contributed by atoms with Crippen molar-refractivity contribution in [2.75, 3.05) is 27.9 Å². The van der Waals surface area contributed by atoms with Crippen LogP contribution >= 0.6 is 0 Å². The van der Waals surface area contributed by atoms with E-state index in [4.69, 9.17) is 18.9 Å². The molecule has 0 aliphatic rings. The average molecular weight is 415 g/mol. The van der Waals surface area contributed by atoms with Gasteiger partial charge in [-0.1, -0.05) is 6.92 Å². The highest BCUT2D eigenvalue weighted by molar-refractivity contribution is 5.98. The average Bonchev–Trinajstić information content (AvgIpc) is 2.79. The highest BCUT2D eigenvalue weighted by Crippen LogP contribution is 2.38. The van der Waals surface area contributed by atoms with E-state index in [-0.39, 0.29) is 31.1 Å². The quantitative estimate of drug-likeness (QED) is 0.531. The van der Waals surface area contributed by atoms with Gasteiger partial charge in [0, 0.05) is 24.9 Å². The number of hydrogen-bond acceptors (Lipinski definition) is 6. The normalized spacial score (nSPS) is 10.3. The van der Waals surface area contributed by atoms with Crippen LogP contribution < -0.4 is 24.3 Å². The molecule has 0 unspecified atom stereocenters. The molecule has 0 aliphatic heterocycles. The van der Waals surface area contributed by atoms with Crippen LogP contribution in [-0.4, -0.2) is 39.6 Å². The van der Waals surface area contributed by atoms with E-state index in [1.807, 2.05) is 6.92 Å². The molecular weight excluding hydrogens is 386 g/mol. The maximum atomic E-state index is 12.3. The van der Waals surface area contributed by atoms with Gasteiger partial charge in [0.25, 0.3) is 0 Å². The van der Waals surface area contributed by atoms with E-state index < -0.39 is 0 Å². The summed E-state index contributed by atoms with van der Waals surface area (Å²) in [6.07, 6.45) is 1.17. The topological polar surface area (TPSA) is 83.1 Å². The molecule has 2 rings (SSSR count). The first kappa shape index (κ1) is 23.1. The van der Waals surface area contributed by atoms with Gasteiger partial charge in [-0.15, -0.1) is 0 Å². The summed E-state index contributed by atoms with van der Waals surface area (Å²) in [5.41, 5.74) is 1.36. The summed E-state index contributed by atoms with van der Waals surface area (Å²) in [6.45, 7) is 2.96. The maximum absolute atomic E-state index is 12.3. The van der Waals surface area contributed by atoms with Crippen molar-refractivity contribution < 1.29 is 28.5 Å². The van der Waals surface area contributed by atoms with Crippen molar-refractivity contribution in [3.8, 4) is 23.0 Å². The van der Waals surface area contributed by atoms with Gasteiger partial charge in [0.05, 0.1) is 27.9 Å². The van der Waals surface area contributed by atoms with Crippen molar-refractivity contribution in [2.24, 2.45) is 0 Å². The number of methoxy groups -OCH3 is 3. The third kappa shape index (κ3) is 6.40. The Morgan fingerprint density at radius 1 is 0.900 bits per heavy atom. The molecule has 2 aromatic carbocycles. The Kier molecular flexibility index (Phi) is 9.00. The van der Waals surface area contributed by atoms with Gasteiger partial charge in [-0.05, 0) is 48.4 Å². The molecule has 7 heteroatoms. The van der Waals surface area contributed by atoms with Crippen molar-refractivity contribution in [1.29, 1.82) is 0 Å². The number of ketones is 1. The van der Waals surface area contributed by atoms with Crippen LogP contribution in [0.5, 0.6) is 23.0 Å². The zero-order chi connectivity index (χ0) is 21.9. The summed E-state index contributed by atoms with van der Waals surface area (Å²) in [7, 11) is 4.60. The predicted octanol–water partition coefficient (Wildman–Crippen LogP) is 3.78. The van der Waals surface area contributed by atoms with Crippen molar-refractivity contribution >= 4 is 11.7 Å². The van der Waals surface area contributed by atoms with Crippen molar-refractivity contribution in [1.82, 2.24) is 5.32 Å². The van der Waals surface area contributed by atoms with E-state index in [0.717, 1.165) is 17.7 Å². The molecule has 0 aromatic heterocycles. The third-order valence-corrected chi connectivity index (χ3v) is 4.44. The minimum absolute atomic E-state index is 0.0834. The maximum Gasteiger partial charge on any atom is 0.220 e. The number of benzene rings is 2. The van der Waals surface area contributed by atoms with Gasteiger partial charge in [-0.3, -0.25) is 9.59 Å². The van der Waals surface area contributed by atoms with Crippen LogP contribution in [0.4, 0.5) is 0 Å². The van der Waals surface area contributed by atoms with Crippen LogP contribution in [0.3, 0.4) is 0 Å². The fourth-order valence-electron chi connectivity index (χ4n) is 2.85. The first-order valence-electron chi connectivity index (χ1n) is 9.84. The predicted molar refractivity (Wildman–Crippen MR) is 114 cm³/mol. The highest BCUT2D eigenvalue weighted by atomic mass is 16.5. The standard InChI is InChI=1S/C23H29NO6/c1-5-12-30-18-8-6-17(7-9-18)19(25)10-11-22(26)24-15-16-13-20(27-2)23(29-4)21(14-16)28-3/h6-9,13-14H,5,10-12,15H2,1-4H3,(H,24,26). The lowest BCUT2D eigenvalue weighted by atomic mass is 10.1. The monoisotopic (exact) mass is 415 g/mol. The lowest BCUT2D eigenvalue weighted by Gasteiger charge is -2.14. The zero-order valence-corrected chi connectivity index (χ0v) is 17.9. The van der Waals surface area contributed by atoms with Crippen LogP contribution in [0.15, 0.2) is 36.4 Å². The molecule has 1 amide bonds. The number of rotatable bonds is 12. The Labute approximate surface area is 177 Å². The summed E-state index contributed by atoms with van der Waals surface area (Å²) in [5, 5.41) is 2.82. The van der Waals surface area contributed by atoms with Gasteiger partial charge in [0.15, 0.2) is 17.3 Å². The van der Waals surface area contributed by atoms with Gasteiger partial charge in [0.2, 0.25) is 11.7 Å². The summed E-state index contributed by atoms with van der Waals surface area (Å²) in [6, 6.07) is 10.5. The fourth-order valence-corrected chi connectivity index (χ4v) is 2.85. The van der Waals surface area contributed by atoms with E-state index >= 15 is 0 Å². The van der Waals surface area contributed by atoms with Crippen molar-refractivity contribution in [2.45, 2.75) is 32.7 Å². The second-order valence-electron chi connectivity index (χ2n) is 6.61. The fraction of sp³-hybridized carbons (Fsp3) is 0.391. The lowest BCUT2D eigenvalue weighted by molar-refractivity contribution is -0.121. The molecule has 162 valence electrons. The van der Waals surface area contributed by atoms with Gasteiger partial charge in [-0.2, -0.15) is 0 Å². The minimum atomic E-state index is -0.208. The van der Waals surface area contributed by atoms with E-state index in [9.17, 15) is 9.59 Å². The molecule has 0 aliphatic carbocycles. The first-order valence-corrected chi connectivity index (χ1v) is 9.84. The van der Waals surface area contributed by atoms with Crippen LogP contribution in [0.1, 0.15) is 42.1 Å². The largest absolute Gasteiger partial charge is 0.494 e.